The van der Waals surface area contributed by atoms with Crippen molar-refractivity contribution in [2.45, 2.75) is 25.9 Å². The van der Waals surface area contributed by atoms with E-state index in [1.54, 1.807) is 0 Å². The fourth-order valence-electron chi connectivity index (χ4n) is 0.293. The van der Waals surface area contributed by atoms with Crippen LogP contribution in [-0.2, 0) is 9.53 Å². The molecule has 13 heavy (non-hydrogen) atoms. The molecule has 0 fully saturated rings. The molecule has 0 bridgehead atoms. The molecule has 0 aromatic carbocycles. The third-order valence-corrected chi connectivity index (χ3v) is 1.08. The van der Waals surface area contributed by atoms with Crippen LogP contribution in [0, 0.1) is 0 Å². The minimum atomic E-state index is -4.80. The Hall–Kier alpha value is -1.07. The molecule has 0 rings (SSSR count). The molecule has 2 nitrogen and oxygen atoms in total. The monoisotopic (exact) mass is 200 g/mol. The van der Waals surface area contributed by atoms with Crippen LogP contribution < -0.4 is 0 Å². The van der Waals surface area contributed by atoms with Crippen molar-refractivity contribution in [2.75, 3.05) is 0 Å². The largest absolute Gasteiger partial charge is 0.466 e. The Balaban J connectivity index is 4.53. The molecule has 0 heterocycles. The van der Waals surface area contributed by atoms with Gasteiger partial charge in [0.25, 0.3) is 0 Å². The van der Waals surface area contributed by atoms with Crippen molar-refractivity contribution >= 4 is 5.97 Å². The maximum Gasteiger partial charge on any atom is 0.466 e. The van der Waals surface area contributed by atoms with Gasteiger partial charge in [0.15, 0.2) is 0 Å². The molecule has 0 amide bonds. The number of rotatable bonds is 3. The number of ether oxygens (including phenoxy) is 1. The Morgan fingerprint density at radius 1 is 1.31 bits per heavy atom. The Morgan fingerprint density at radius 3 is 1.92 bits per heavy atom. The molecule has 0 saturated heterocycles. The van der Waals surface area contributed by atoms with Gasteiger partial charge in [0, 0.05) is 12.5 Å². The van der Waals surface area contributed by atoms with E-state index in [0.29, 0.717) is 0 Å². The Bertz CT molecular complexity index is 229. The lowest BCUT2D eigenvalue weighted by molar-refractivity contribution is -0.322. The summed E-state index contributed by atoms with van der Waals surface area (Å²) in [4.78, 5) is 10.5. The minimum Gasteiger partial charge on any atom is -0.393 e. The highest BCUT2D eigenvalue weighted by Gasteiger charge is 2.56. The van der Waals surface area contributed by atoms with Crippen molar-refractivity contribution in [3.63, 3.8) is 0 Å². The summed E-state index contributed by atoms with van der Waals surface area (Å²) in [5, 5.41) is 0. The SMILES string of the molecule is C=C(C)C(=O)OC(F)(F)C(C)(F)F. The first-order valence-electron chi connectivity index (χ1n) is 3.22. The van der Waals surface area contributed by atoms with Gasteiger partial charge in [-0.05, 0) is 6.92 Å². The molecular weight excluding hydrogens is 192 g/mol. The van der Waals surface area contributed by atoms with E-state index in [9.17, 15) is 22.4 Å². The average molecular weight is 200 g/mol. The molecule has 76 valence electrons. The molecular formula is C7H8F4O2. The van der Waals surface area contributed by atoms with Crippen molar-refractivity contribution < 1.29 is 27.1 Å². The Morgan fingerprint density at radius 2 is 1.69 bits per heavy atom. The first-order valence-corrected chi connectivity index (χ1v) is 3.22. The van der Waals surface area contributed by atoms with Gasteiger partial charge in [0.2, 0.25) is 0 Å². The highest BCUT2D eigenvalue weighted by Crippen LogP contribution is 2.34. The molecule has 0 aliphatic heterocycles. The second kappa shape index (κ2) is 3.35. The second-order valence-electron chi connectivity index (χ2n) is 2.58. The van der Waals surface area contributed by atoms with Crippen LogP contribution in [0.25, 0.3) is 0 Å². The summed E-state index contributed by atoms with van der Waals surface area (Å²) in [6.45, 7) is 4.00. The summed E-state index contributed by atoms with van der Waals surface area (Å²) in [7, 11) is 0. The average Bonchev–Trinajstić information content (AvgIpc) is 1.83. The lowest BCUT2D eigenvalue weighted by Gasteiger charge is -2.21. The minimum absolute atomic E-state index is 0.0430. The summed E-state index contributed by atoms with van der Waals surface area (Å²) in [6, 6.07) is 0. The molecule has 0 aliphatic carbocycles. The molecule has 0 N–H and O–H groups in total. The number of esters is 1. The van der Waals surface area contributed by atoms with Crippen LogP contribution in [-0.4, -0.2) is 18.0 Å². The fraction of sp³-hybridized carbons (Fsp3) is 0.571. The van der Waals surface area contributed by atoms with Crippen LogP contribution in [0.5, 0.6) is 0 Å². The third-order valence-electron chi connectivity index (χ3n) is 1.08. The van der Waals surface area contributed by atoms with E-state index >= 15 is 0 Å². The standard InChI is InChI=1S/C7H8F4O2/c1-4(2)5(12)13-7(10,11)6(3,8)9/h1H2,2-3H3. The van der Waals surface area contributed by atoms with E-state index in [2.05, 4.69) is 11.3 Å². The van der Waals surface area contributed by atoms with Gasteiger partial charge < -0.3 is 4.74 Å². The molecule has 0 unspecified atom stereocenters. The number of hydrogen-bond acceptors (Lipinski definition) is 2. The molecule has 0 aromatic heterocycles. The van der Waals surface area contributed by atoms with Gasteiger partial charge >= 0.3 is 18.0 Å². The predicted octanol–water partition coefficient (Wildman–Crippen LogP) is 2.35. The molecule has 0 spiro atoms. The first-order chi connectivity index (χ1) is 5.58. The van der Waals surface area contributed by atoms with Crippen LogP contribution in [0.3, 0.4) is 0 Å². The smallest absolute Gasteiger partial charge is 0.393 e. The van der Waals surface area contributed by atoms with Gasteiger partial charge in [-0.25, -0.2) is 4.79 Å². The van der Waals surface area contributed by atoms with Crippen molar-refractivity contribution in [1.29, 1.82) is 0 Å². The highest BCUT2D eigenvalue weighted by molar-refractivity contribution is 5.87. The highest BCUT2D eigenvalue weighted by atomic mass is 19.3. The predicted molar refractivity (Wildman–Crippen MR) is 36.5 cm³/mol. The topological polar surface area (TPSA) is 26.3 Å². The summed E-state index contributed by atoms with van der Waals surface area (Å²) in [6.07, 6.45) is -4.80. The van der Waals surface area contributed by atoms with E-state index in [1.165, 1.54) is 0 Å². The molecule has 0 saturated carbocycles. The van der Waals surface area contributed by atoms with Crippen molar-refractivity contribution in [3.8, 4) is 0 Å². The summed E-state index contributed by atoms with van der Waals surface area (Å²) < 4.78 is 52.0. The molecule has 6 heteroatoms. The number of hydrogen-bond donors (Lipinski definition) is 0. The summed E-state index contributed by atoms with van der Waals surface area (Å²) in [5.74, 6) is -5.95. The van der Waals surface area contributed by atoms with Crippen LogP contribution in [0.2, 0.25) is 0 Å². The molecule has 0 radical (unpaired) electrons. The van der Waals surface area contributed by atoms with E-state index in [-0.39, 0.29) is 12.5 Å². The summed E-state index contributed by atoms with van der Waals surface area (Å²) in [5.41, 5.74) is -0.371. The third kappa shape index (κ3) is 3.04. The van der Waals surface area contributed by atoms with Gasteiger partial charge in [0.05, 0.1) is 0 Å². The van der Waals surface area contributed by atoms with Crippen LogP contribution in [0.4, 0.5) is 17.6 Å². The zero-order chi connectivity index (χ0) is 10.9. The number of alkyl halides is 4. The van der Waals surface area contributed by atoms with Gasteiger partial charge in [-0.1, -0.05) is 6.58 Å². The normalized spacial score (nSPS) is 12.5. The molecule has 0 aliphatic rings. The lowest BCUT2D eigenvalue weighted by atomic mass is 10.3. The zero-order valence-electron chi connectivity index (χ0n) is 7.04. The van der Waals surface area contributed by atoms with Crippen molar-refractivity contribution in [1.82, 2.24) is 0 Å². The number of carbonyl (C=O) groups is 1. The van der Waals surface area contributed by atoms with Crippen molar-refractivity contribution in [3.05, 3.63) is 12.2 Å². The van der Waals surface area contributed by atoms with Crippen LogP contribution in [0.15, 0.2) is 12.2 Å². The van der Waals surface area contributed by atoms with E-state index in [0.717, 1.165) is 6.92 Å². The quantitative estimate of drug-likeness (QED) is 0.397. The Labute approximate surface area is 72.2 Å². The second-order valence-corrected chi connectivity index (χ2v) is 2.58. The lowest BCUT2D eigenvalue weighted by Crippen LogP contribution is -2.41. The summed E-state index contributed by atoms with van der Waals surface area (Å²) >= 11 is 0. The van der Waals surface area contributed by atoms with Gasteiger partial charge in [-0.3, -0.25) is 0 Å². The van der Waals surface area contributed by atoms with Gasteiger partial charge in [-0.2, -0.15) is 17.6 Å². The maximum absolute atomic E-state index is 12.3. The fourth-order valence-corrected chi connectivity index (χ4v) is 0.293. The molecule has 0 aromatic rings. The van der Waals surface area contributed by atoms with E-state index < -0.39 is 18.0 Å². The number of halogens is 4. The van der Waals surface area contributed by atoms with Gasteiger partial charge in [0.1, 0.15) is 0 Å². The number of carbonyl (C=O) groups excluding carboxylic acids is 1. The van der Waals surface area contributed by atoms with E-state index in [1.807, 2.05) is 0 Å². The van der Waals surface area contributed by atoms with Gasteiger partial charge in [-0.15, -0.1) is 0 Å². The van der Waals surface area contributed by atoms with Crippen LogP contribution >= 0.6 is 0 Å². The molecule has 0 atom stereocenters. The van der Waals surface area contributed by atoms with E-state index in [4.69, 9.17) is 0 Å². The maximum atomic E-state index is 12.3. The van der Waals surface area contributed by atoms with Crippen molar-refractivity contribution in [2.24, 2.45) is 0 Å². The van der Waals surface area contributed by atoms with Crippen LogP contribution in [0.1, 0.15) is 13.8 Å². The Kier molecular flexibility index (Phi) is 3.08. The first kappa shape index (κ1) is 11.9. The zero-order valence-corrected chi connectivity index (χ0v) is 7.04.